The fraction of sp³-hybridized carbons (Fsp3) is 0.688. The summed E-state index contributed by atoms with van der Waals surface area (Å²) in [4.78, 5) is 12.8. The van der Waals surface area contributed by atoms with Crippen molar-refractivity contribution < 1.29 is 14.6 Å². The molecule has 5 heteroatoms. The van der Waals surface area contributed by atoms with Crippen molar-refractivity contribution in [3.8, 4) is 0 Å². The molecule has 1 aromatic rings. The van der Waals surface area contributed by atoms with Gasteiger partial charge in [0.2, 0.25) is 0 Å². The van der Waals surface area contributed by atoms with Gasteiger partial charge in [-0.2, -0.15) is 0 Å². The highest BCUT2D eigenvalue weighted by atomic mass is 32.1. The van der Waals surface area contributed by atoms with E-state index in [1.54, 1.807) is 11.3 Å². The van der Waals surface area contributed by atoms with Gasteiger partial charge in [-0.25, -0.2) is 0 Å². The van der Waals surface area contributed by atoms with Gasteiger partial charge in [0.1, 0.15) is 0 Å². The van der Waals surface area contributed by atoms with Crippen molar-refractivity contribution in [3.05, 3.63) is 22.4 Å². The molecule has 1 aromatic heterocycles. The number of carbonyl (C=O) groups excluding carboxylic acids is 1. The topological polar surface area (TPSA) is 58.6 Å². The summed E-state index contributed by atoms with van der Waals surface area (Å²) in [5.41, 5.74) is -0.0239. The normalized spacial score (nSPS) is 19.1. The zero-order chi connectivity index (χ0) is 15.1. The third-order valence-electron chi connectivity index (χ3n) is 4.46. The van der Waals surface area contributed by atoms with E-state index in [9.17, 15) is 9.90 Å². The van der Waals surface area contributed by atoms with E-state index < -0.39 is 0 Å². The summed E-state index contributed by atoms with van der Waals surface area (Å²) in [6.45, 7) is 0.971. The van der Waals surface area contributed by atoms with E-state index in [1.807, 2.05) is 17.5 Å². The van der Waals surface area contributed by atoms with Crippen molar-refractivity contribution in [1.29, 1.82) is 0 Å². The maximum atomic E-state index is 11.6. The van der Waals surface area contributed by atoms with Crippen LogP contribution in [0.2, 0.25) is 0 Å². The van der Waals surface area contributed by atoms with Gasteiger partial charge in [0.05, 0.1) is 19.6 Å². The Labute approximate surface area is 130 Å². The Hall–Kier alpha value is -0.910. The molecule has 1 fully saturated rings. The zero-order valence-corrected chi connectivity index (χ0v) is 13.5. The van der Waals surface area contributed by atoms with E-state index in [2.05, 4.69) is 5.32 Å². The van der Waals surface area contributed by atoms with Gasteiger partial charge in [-0.3, -0.25) is 4.79 Å². The van der Waals surface area contributed by atoms with E-state index in [4.69, 9.17) is 4.74 Å². The number of nitrogens with one attached hydrogen (secondary N) is 1. The Morgan fingerprint density at radius 1 is 1.48 bits per heavy atom. The van der Waals surface area contributed by atoms with Crippen LogP contribution in [0, 0.1) is 5.41 Å². The van der Waals surface area contributed by atoms with Crippen LogP contribution in [0.5, 0.6) is 0 Å². The summed E-state index contributed by atoms with van der Waals surface area (Å²) >= 11 is 1.64. The highest BCUT2D eigenvalue weighted by molar-refractivity contribution is 7.10. The number of ether oxygens (including phenoxy) is 1. The summed E-state index contributed by atoms with van der Waals surface area (Å²) in [7, 11) is 1.42. The number of esters is 1. The third kappa shape index (κ3) is 4.53. The quantitative estimate of drug-likeness (QED) is 0.760. The Bertz CT molecular complexity index is 427. The van der Waals surface area contributed by atoms with Crippen molar-refractivity contribution in [3.63, 3.8) is 0 Å². The standard InChI is InChI=1S/C16H25NO3S/c1-20-15(19)10-13(14-6-5-9-21-14)17-11-16(12-18)7-3-2-4-8-16/h5-6,9,13,17-18H,2-4,7-8,10-12H2,1H3. The van der Waals surface area contributed by atoms with Crippen LogP contribution >= 0.6 is 11.3 Å². The first-order chi connectivity index (χ1) is 10.2. The molecule has 4 nitrogen and oxygen atoms in total. The van der Waals surface area contributed by atoms with Gasteiger partial charge in [0.25, 0.3) is 0 Å². The van der Waals surface area contributed by atoms with E-state index in [-0.39, 0.29) is 24.0 Å². The second-order valence-corrected chi connectivity index (χ2v) is 6.93. The molecule has 0 spiro atoms. The molecule has 21 heavy (non-hydrogen) atoms. The van der Waals surface area contributed by atoms with Gasteiger partial charge in [0.15, 0.2) is 0 Å². The van der Waals surface area contributed by atoms with Gasteiger partial charge in [0, 0.05) is 23.4 Å². The Morgan fingerprint density at radius 2 is 2.24 bits per heavy atom. The maximum absolute atomic E-state index is 11.6. The maximum Gasteiger partial charge on any atom is 0.307 e. The molecule has 2 rings (SSSR count). The number of aliphatic hydroxyl groups excluding tert-OH is 1. The van der Waals surface area contributed by atoms with Gasteiger partial charge >= 0.3 is 5.97 Å². The summed E-state index contributed by atoms with van der Waals surface area (Å²) in [5.74, 6) is -0.206. The minimum atomic E-state index is -0.206. The lowest BCUT2D eigenvalue weighted by atomic mass is 9.74. The molecule has 1 heterocycles. The molecular formula is C16H25NO3S. The second kappa shape index (κ2) is 7.92. The van der Waals surface area contributed by atoms with Crippen LogP contribution in [0.3, 0.4) is 0 Å². The molecule has 0 bridgehead atoms. The lowest BCUT2D eigenvalue weighted by Gasteiger charge is -2.37. The van der Waals surface area contributed by atoms with E-state index >= 15 is 0 Å². The minimum absolute atomic E-state index is 0.0239. The van der Waals surface area contributed by atoms with Crippen LogP contribution < -0.4 is 5.32 Å². The average Bonchev–Trinajstić information content (AvgIpc) is 3.06. The Balaban J connectivity index is 1.99. The summed E-state index contributed by atoms with van der Waals surface area (Å²) in [6.07, 6.45) is 6.08. The van der Waals surface area contributed by atoms with Crippen molar-refractivity contribution in [1.82, 2.24) is 5.32 Å². The lowest BCUT2D eigenvalue weighted by Crippen LogP contribution is -2.40. The lowest BCUT2D eigenvalue weighted by molar-refractivity contribution is -0.141. The number of aliphatic hydroxyl groups is 1. The first-order valence-corrected chi connectivity index (χ1v) is 8.51. The molecule has 1 aliphatic carbocycles. The van der Waals surface area contributed by atoms with Gasteiger partial charge < -0.3 is 15.2 Å². The predicted octanol–water partition coefficient (Wildman–Crippen LogP) is 2.88. The molecule has 2 N–H and O–H groups in total. The molecule has 0 amide bonds. The second-order valence-electron chi connectivity index (χ2n) is 5.95. The number of carbonyl (C=O) groups is 1. The first-order valence-electron chi connectivity index (χ1n) is 7.63. The van der Waals surface area contributed by atoms with E-state index in [0.29, 0.717) is 6.42 Å². The van der Waals surface area contributed by atoms with Crippen molar-refractivity contribution >= 4 is 17.3 Å². The van der Waals surface area contributed by atoms with Gasteiger partial charge in [-0.1, -0.05) is 25.3 Å². The van der Waals surface area contributed by atoms with Crippen molar-refractivity contribution in [2.45, 2.75) is 44.6 Å². The van der Waals surface area contributed by atoms with Crippen LogP contribution in [0.1, 0.15) is 49.4 Å². The van der Waals surface area contributed by atoms with Crippen molar-refractivity contribution in [2.24, 2.45) is 5.41 Å². The number of hydrogen-bond donors (Lipinski definition) is 2. The Kier molecular flexibility index (Phi) is 6.21. The highest BCUT2D eigenvalue weighted by Gasteiger charge is 2.32. The smallest absolute Gasteiger partial charge is 0.307 e. The number of methoxy groups -OCH3 is 1. The van der Waals surface area contributed by atoms with Crippen LogP contribution in [-0.4, -0.2) is 31.3 Å². The van der Waals surface area contributed by atoms with Crippen LogP contribution in [0.25, 0.3) is 0 Å². The van der Waals surface area contributed by atoms with Crippen molar-refractivity contribution in [2.75, 3.05) is 20.3 Å². The highest BCUT2D eigenvalue weighted by Crippen LogP contribution is 2.36. The van der Waals surface area contributed by atoms with Crippen LogP contribution in [0.15, 0.2) is 17.5 Å². The zero-order valence-electron chi connectivity index (χ0n) is 12.6. The third-order valence-corrected chi connectivity index (χ3v) is 5.44. The van der Waals surface area contributed by atoms with Gasteiger partial charge in [-0.15, -0.1) is 11.3 Å². The summed E-state index contributed by atoms with van der Waals surface area (Å²) in [6, 6.07) is 4.01. The number of rotatable bonds is 7. The number of hydrogen-bond acceptors (Lipinski definition) is 5. The van der Waals surface area contributed by atoms with E-state index in [1.165, 1.54) is 26.4 Å². The Morgan fingerprint density at radius 3 is 2.81 bits per heavy atom. The monoisotopic (exact) mass is 311 g/mol. The first kappa shape index (κ1) is 16.5. The van der Waals surface area contributed by atoms with E-state index in [0.717, 1.165) is 24.3 Å². The number of thiophene rings is 1. The fourth-order valence-corrected chi connectivity index (χ4v) is 3.85. The molecule has 1 unspecified atom stereocenters. The fourth-order valence-electron chi connectivity index (χ4n) is 3.05. The molecule has 0 saturated heterocycles. The molecule has 0 radical (unpaired) electrons. The van der Waals surface area contributed by atoms with Crippen LogP contribution in [0.4, 0.5) is 0 Å². The van der Waals surface area contributed by atoms with Crippen LogP contribution in [-0.2, 0) is 9.53 Å². The minimum Gasteiger partial charge on any atom is -0.469 e. The summed E-state index contributed by atoms with van der Waals surface area (Å²) < 4.78 is 4.80. The average molecular weight is 311 g/mol. The summed E-state index contributed by atoms with van der Waals surface area (Å²) in [5, 5.41) is 15.3. The predicted molar refractivity (Wildman–Crippen MR) is 84.3 cm³/mol. The molecule has 0 aromatic carbocycles. The molecular weight excluding hydrogens is 286 g/mol. The molecule has 118 valence electrons. The molecule has 1 aliphatic rings. The molecule has 1 atom stereocenters. The SMILES string of the molecule is COC(=O)CC(NCC1(CO)CCCCC1)c1cccs1. The largest absolute Gasteiger partial charge is 0.469 e. The molecule has 1 saturated carbocycles. The molecule has 0 aliphatic heterocycles. The van der Waals surface area contributed by atoms with Gasteiger partial charge in [-0.05, 0) is 24.3 Å².